The molecule has 1 aliphatic rings. The quantitative estimate of drug-likeness (QED) is 0.845. The molecule has 0 saturated heterocycles. The van der Waals surface area contributed by atoms with Crippen molar-refractivity contribution in [2.75, 3.05) is 13.2 Å². The first-order chi connectivity index (χ1) is 9.13. The minimum Gasteiger partial charge on any atom is -0.493 e. The van der Waals surface area contributed by atoms with Crippen molar-refractivity contribution in [1.29, 1.82) is 0 Å². The molecule has 0 spiro atoms. The maximum absolute atomic E-state index is 6.00. The van der Waals surface area contributed by atoms with Crippen LogP contribution in [0.5, 0.6) is 5.75 Å². The van der Waals surface area contributed by atoms with Crippen LogP contribution in [0.15, 0.2) is 24.3 Å². The van der Waals surface area contributed by atoms with Gasteiger partial charge in [0.15, 0.2) is 0 Å². The van der Waals surface area contributed by atoms with Crippen molar-refractivity contribution in [2.24, 2.45) is 17.1 Å². The van der Waals surface area contributed by atoms with Crippen molar-refractivity contribution < 1.29 is 4.74 Å². The topological polar surface area (TPSA) is 35.2 Å². The molecule has 0 atom stereocenters. The molecule has 2 heteroatoms. The third-order valence-electron chi connectivity index (χ3n) is 4.18. The molecule has 0 radical (unpaired) electrons. The summed E-state index contributed by atoms with van der Waals surface area (Å²) in [5, 5.41) is 0. The summed E-state index contributed by atoms with van der Waals surface area (Å²) in [7, 11) is 0. The average molecular weight is 261 g/mol. The Hall–Kier alpha value is -1.02. The van der Waals surface area contributed by atoms with Gasteiger partial charge in [0.05, 0.1) is 6.61 Å². The number of hydrogen-bond acceptors (Lipinski definition) is 2. The molecule has 0 aliphatic heterocycles. The van der Waals surface area contributed by atoms with Crippen LogP contribution in [0.4, 0.5) is 0 Å². The predicted molar refractivity (Wildman–Crippen MR) is 80.4 cm³/mol. The highest BCUT2D eigenvalue weighted by Crippen LogP contribution is 2.40. The van der Waals surface area contributed by atoms with Gasteiger partial charge in [0, 0.05) is 0 Å². The molecule has 0 heterocycles. The first-order valence-corrected chi connectivity index (χ1v) is 7.55. The Morgan fingerprint density at radius 1 is 1.16 bits per heavy atom. The van der Waals surface area contributed by atoms with Crippen LogP contribution in [0.3, 0.4) is 0 Å². The summed E-state index contributed by atoms with van der Waals surface area (Å²) < 4.78 is 5.72. The van der Waals surface area contributed by atoms with E-state index in [-0.39, 0.29) is 0 Å². The molecule has 19 heavy (non-hydrogen) atoms. The monoisotopic (exact) mass is 261 g/mol. The fourth-order valence-corrected chi connectivity index (χ4v) is 2.98. The summed E-state index contributed by atoms with van der Waals surface area (Å²) in [6.07, 6.45) is 6.37. The van der Waals surface area contributed by atoms with Gasteiger partial charge in [-0.1, -0.05) is 38.8 Å². The van der Waals surface area contributed by atoms with Crippen LogP contribution in [0.25, 0.3) is 0 Å². The Morgan fingerprint density at radius 3 is 2.32 bits per heavy atom. The Bertz CT molecular complexity index is 377. The Labute approximate surface area is 117 Å². The standard InChI is InChI=1S/C17H27NO/c1-14(2)12-19-16-7-5-15(6-8-16)11-17(13-18)9-3-4-10-17/h5-8,14H,3-4,9-13,18H2,1-2H3. The maximum Gasteiger partial charge on any atom is 0.119 e. The van der Waals surface area contributed by atoms with Crippen LogP contribution in [0.2, 0.25) is 0 Å². The number of rotatable bonds is 6. The van der Waals surface area contributed by atoms with Crippen molar-refractivity contribution in [3.8, 4) is 5.75 Å². The molecule has 1 aliphatic carbocycles. The molecule has 0 aromatic heterocycles. The van der Waals surface area contributed by atoms with Crippen LogP contribution in [-0.2, 0) is 6.42 Å². The number of nitrogens with two attached hydrogens (primary N) is 1. The molecular weight excluding hydrogens is 234 g/mol. The van der Waals surface area contributed by atoms with E-state index in [0.717, 1.165) is 25.3 Å². The summed E-state index contributed by atoms with van der Waals surface area (Å²) in [5.74, 6) is 1.55. The molecule has 0 unspecified atom stereocenters. The summed E-state index contributed by atoms with van der Waals surface area (Å²) in [4.78, 5) is 0. The van der Waals surface area contributed by atoms with E-state index in [2.05, 4.69) is 38.1 Å². The first kappa shape index (κ1) is 14.4. The zero-order chi connectivity index (χ0) is 13.7. The highest BCUT2D eigenvalue weighted by molar-refractivity contribution is 5.28. The van der Waals surface area contributed by atoms with Crippen molar-refractivity contribution in [3.63, 3.8) is 0 Å². The van der Waals surface area contributed by atoms with Gasteiger partial charge in [-0.25, -0.2) is 0 Å². The van der Waals surface area contributed by atoms with Crippen LogP contribution in [0.1, 0.15) is 45.1 Å². The van der Waals surface area contributed by atoms with E-state index in [4.69, 9.17) is 10.5 Å². The van der Waals surface area contributed by atoms with E-state index in [0.29, 0.717) is 11.3 Å². The first-order valence-electron chi connectivity index (χ1n) is 7.55. The van der Waals surface area contributed by atoms with Gasteiger partial charge in [-0.3, -0.25) is 0 Å². The van der Waals surface area contributed by atoms with Gasteiger partial charge in [0.1, 0.15) is 5.75 Å². The zero-order valence-corrected chi connectivity index (χ0v) is 12.3. The second-order valence-electron chi connectivity index (χ2n) is 6.44. The lowest BCUT2D eigenvalue weighted by atomic mass is 9.80. The van der Waals surface area contributed by atoms with Crippen LogP contribution in [-0.4, -0.2) is 13.2 Å². The van der Waals surface area contributed by atoms with Gasteiger partial charge < -0.3 is 10.5 Å². The molecule has 2 N–H and O–H groups in total. The molecule has 2 rings (SSSR count). The summed E-state index contributed by atoms with van der Waals surface area (Å²) in [6, 6.07) is 8.59. The van der Waals surface area contributed by atoms with E-state index in [1.54, 1.807) is 0 Å². The van der Waals surface area contributed by atoms with Gasteiger partial charge in [-0.05, 0) is 54.8 Å². The van der Waals surface area contributed by atoms with Crippen LogP contribution >= 0.6 is 0 Å². The minimum absolute atomic E-state index is 0.361. The SMILES string of the molecule is CC(C)COc1ccc(CC2(CN)CCCC2)cc1. The lowest BCUT2D eigenvalue weighted by molar-refractivity contribution is 0.270. The van der Waals surface area contributed by atoms with E-state index in [1.807, 2.05) is 0 Å². The fraction of sp³-hybridized carbons (Fsp3) is 0.647. The smallest absolute Gasteiger partial charge is 0.119 e. The van der Waals surface area contributed by atoms with E-state index < -0.39 is 0 Å². The minimum atomic E-state index is 0.361. The molecule has 1 aromatic carbocycles. The lowest BCUT2D eigenvalue weighted by Gasteiger charge is -2.27. The second-order valence-corrected chi connectivity index (χ2v) is 6.44. The van der Waals surface area contributed by atoms with E-state index >= 15 is 0 Å². The molecular formula is C17H27NO. The van der Waals surface area contributed by atoms with Crippen molar-refractivity contribution in [3.05, 3.63) is 29.8 Å². The molecule has 1 saturated carbocycles. The molecule has 0 bridgehead atoms. The normalized spacial score (nSPS) is 17.9. The van der Waals surface area contributed by atoms with Crippen molar-refractivity contribution >= 4 is 0 Å². The Kier molecular flexibility index (Phi) is 4.87. The third-order valence-corrected chi connectivity index (χ3v) is 4.18. The largest absolute Gasteiger partial charge is 0.493 e. The molecule has 2 nitrogen and oxygen atoms in total. The van der Waals surface area contributed by atoms with E-state index in [1.165, 1.54) is 31.2 Å². The number of benzene rings is 1. The maximum atomic E-state index is 6.00. The number of hydrogen-bond donors (Lipinski definition) is 1. The van der Waals surface area contributed by atoms with Gasteiger partial charge in [0.2, 0.25) is 0 Å². The van der Waals surface area contributed by atoms with Gasteiger partial charge in [0.25, 0.3) is 0 Å². The fourth-order valence-electron chi connectivity index (χ4n) is 2.98. The highest BCUT2D eigenvalue weighted by atomic mass is 16.5. The predicted octanol–water partition coefficient (Wildman–Crippen LogP) is 3.78. The summed E-state index contributed by atoms with van der Waals surface area (Å²) >= 11 is 0. The zero-order valence-electron chi connectivity index (χ0n) is 12.3. The average Bonchev–Trinajstić information content (AvgIpc) is 2.87. The van der Waals surface area contributed by atoms with Gasteiger partial charge in [-0.15, -0.1) is 0 Å². The van der Waals surface area contributed by atoms with Crippen LogP contribution < -0.4 is 10.5 Å². The molecule has 1 fully saturated rings. The Balaban J connectivity index is 1.94. The molecule has 0 amide bonds. The van der Waals surface area contributed by atoms with Crippen molar-refractivity contribution in [1.82, 2.24) is 0 Å². The van der Waals surface area contributed by atoms with Crippen LogP contribution in [0, 0.1) is 11.3 Å². The molecule has 1 aromatic rings. The van der Waals surface area contributed by atoms with Crippen molar-refractivity contribution in [2.45, 2.75) is 46.0 Å². The third kappa shape index (κ3) is 3.97. The summed E-state index contributed by atoms with van der Waals surface area (Å²) in [5.41, 5.74) is 7.76. The highest BCUT2D eigenvalue weighted by Gasteiger charge is 2.32. The Morgan fingerprint density at radius 2 is 1.79 bits per heavy atom. The second kappa shape index (κ2) is 6.42. The van der Waals surface area contributed by atoms with Gasteiger partial charge in [-0.2, -0.15) is 0 Å². The summed E-state index contributed by atoms with van der Waals surface area (Å²) in [6.45, 7) is 5.93. The van der Waals surface area contributed by atoms with E-state index in [9.17, 15) is 0 Å². The lowest BCUT2D eigenvalue weighted by Crippen LogP contribution is -2.29. The van der Waals surface area contributed by atoms with Gasteiger partial charge >= 0.3 is 0 Å². The number of ether oxygens (including phenoxy) is 1. The molecule has 106 valence electrons.